The fraction of sp³-hybridized carbons (Fsp3) is 0.308. The van der Waals surface area contributed by atoms with Crippen molar-refractivity contribution in [3.63, 3.8) is 0 Å². The minimum absolute atomic E-state index is 0.0270. The highest BCUT2D eigenvalue weighted by Crippen LogP contribution is 2.19. The molecule has 0 saturated carbocycles. The number of sulfonamides is 1. The Morgan fingerprint density at radius 1 is 1.43 bits per heavy atom. The Bertz CT molecular complexity index is 714. The molecule has 0 spiro atoms. The largest absolute Gasteiger partial charge is 0.329 e. The van der Waals surface area contributed by atoms with Gasteiger partial charge in [0.05, 0.1) is 12.7 Å². The SMILES string of the molecule is CC(NS(=O)(=O)c1cnn(CCN)c1)c1ccccc1F. The van der Waals surface area contributed by atoms with Crippen LogP contribution in [0.25, 0.3) is 0 Å². The van der Waals surface area contributed by atoms with E-state index in [1.807, 2.05) is 0 Å². The van der Waals surface area contributed by atoms with E-state index in [4.69, 9.17) is 5.73 Å². The summed E-state index contributed by atoms with van der Waals surface area (Å²) in [7, 11) is -3.76. The Morgan fingerprint density at radius 2 is 2.14 bits per heavy atom. The molecule has 0 fully saturated rings. The van der Waals surface area contributed by atoms with Gasteiger partial charge in [-0.1, -0.05) is 18.2 Å². The molecule has 1 aromatic carbocycles. The molecule has 0 aliphatic heterocycles. The Balaban J connectivity index is 2.18. The third-order valence-electron chi connectivity index (χ3n) is 2.98. The summed E-state index contributed by atoms with van der Waals surface area (Å²) in [6.45, 7) is 2.37. The van der Waals surface area contributed by atoms with Crippen LogP contribution in [-0.4, -0.2) is 24.7 Å². The van der Waals surface area contributed by atoms with Gasteiger partial charge in [-0.25, -0.2) is 17.5 Å². The molecule has 2 aromatic rings. The minimum Gasteiger partial charge on any atom is -0.329 e. The van der Waals surface area contributed by atoms with Gasteiger partial charge in [0.1, 0.15) is 10.7 Å². The van der Waals surface area contributed by atoms with Gasteiger partial charge in [-0.2, -0.15) is 5.10 Å². The monoisotopic (exact) mass is 312 g/mol. The molecule has 0 amide bonds. The summed E-state index contributed by atoms with van der Waals surface area (Å²) in [6.07, 6.45) is 2.63. The molecule has 114 valence electrons. The zero-order valence-corrected chi connectivity index (χ0v) is 12.3. The van der Waals surface area contributed by atoms with Crippen molar-refractivity contribution in [1.82, 2.24) is 14.5 Å². The number of benzene rings is 1. The molecule has 0 aliphatic carbocycles. The van der Waals surface area contributed by atoms with Crippen molar-refractivity contribution >= 4 is 10.0 Å². The summed E-state index contributed by atoms with van der Waals surface area (Å²) in [4.78, 5) is 0.0270. The van der Waals surface area contributed by atoms with E-state index in [2.05, 4.69) is 9.82 Å². The van der Waals surface area contributed by atoms with Gasteiger partial charge in [0, 0.05) is 24.3 Å². The van der Waals surface area contributed by atoms with Crippen LogP contribution >= 0.6 is 0 Å². The summed E-state index contributed by atoms with van der Waals surface area (Å²) < 4.78 is 42.0. The first kappa shape index (κ1) is 15.6. The van der Waals surface area contributed by atoms with Crippen LogP contribution in [0.3, 0.4) is 0 Å². The van der Waals surface area contributed by atoms with Gasteiger partial charge < -0.3 is 5.73 Å². The Morgan fingerprint density at radius 3 is 2.81 bits per heavy atom. The molecule has 21 heavy (non-hydrogen) atoms. The molecule has 1 aromatic heterocycles. The highest BCUT2D eigenvalue weighted by atomic mass is 32.2. The molecular weight excluding hydrogens is 295 g/mol. The summed E-state index contributed by atoms with van der Waals surface area (Å²) in [5.74, 6) is -0.452. The topological polar surface area (TPSA) is 90.0 Å². The predicted octanol–water partition coefficient (Wildman–Crippen LogP) is 1.02. The summed E-state index contributed by atoms with van der Waals surface area (Å²) in [6, 6.07) is 5.35. The number of hydrogen-bond acceptors (Lipinski definition) is 4. The second-order valence-electron chi connectivity index (χ2n) is 4.59. The van der Waals surface area contributed by atoms with Gasteiger partial charge in [0.15, 0.2) is 0 Å². The van der Waals surface area contributed by atoms with Gasteiger partial charge in [0.2, 0.25) is 10.0 Å². The van der Waals surface area contributed by atoms with Gasteiger partial charge in [-0.05, 0) is 13.0 Å². The summed E-state index contributed by atoms with van der Waals surface area (Å²) in [5.41, 5.74) is 5.67. The molecule has 0 bridgehead atoms. The maximum Gasteiger partial charge on any atom is 0.244 e. The number of nitrogens with zero attached hydrogens (tertiary/aromatic N) is 2. The first-order valence-electron chi connectivity index (χ1n) is 6.43. The van der Waals surface area contributed by atoms with Crippen molar-refractivity contribution < 1.29 is 12.8 Å². The standard InChI is InChI=1S/C13H17FN4O2S/c1-10(12-4-2-3-5-13(12)14)17-21(19,20)11-8-16-18(9-11)7-6-15/h2-5,8-10,17H,6-7,15H2,1H3. The molecule has 0 aliphatic rings. The average molecular weight is 312 g/mol. The van der Waals surface area contributed by atoms with Crippen LogP contribution in [0.1, 0.15) is 18.5 Å². The van der Waals surface area contributed by atoms with Crippen LogP contribution in [0.5, 0.6) is 0 Å². The summed E-state index contributed by atoms with van der Waals surface area (Å²) >= 11 is 0. The van der Waals surface area contributed by atoms with Crippen molar-refractivity contribution in [2.24, 2.45) is 5.73 Å². The third-order valence-corrected chi connectivity index (χ3v) is 4.48. The van der Waals surface area contributed by atoms with Crippen LogP contribution in [-0.2, 0) is 16.6 Å². The normalized spacial score (nSPS) is 13.3. The van der Waals surface area contributed by atoms with Gasteiger partial charge in [0.25, 0.3) is 0 Å². The zero-order valence-electron chi connectivity index (χ0n) is 11.5. The van der Waals surface area contributed by atoms with Gasteiger partial charge in [-0.15, -0.1) is 0 Å². The van der Waals surface area contributed by atoms with Crippen molar-refractivity contribution in [3.8, 4) is 0 Å². The first-order chi connectivity index (χ1) is 9.94. The van der Waals surface area contributed by atoms with E-state index in [1.165, 1.54) is 23.1 Å². The Labute approximate surface area is 122 Å². The first-order valence-corrected chi connectivity index (χ1v) is 7.91. The maximum atomic E-state index is 13.7. The van der Waals surface area contributed by atoms with Crippen LogP contribution < -0.4 is 10.5 Å². The van der Waals surface area contributed by atoms with Crippen LogP contribution in [0, 0.1) is 5.82 Å². The van der Waals surface area contributed by atoms with E-state index in [-0.39, 0.29) is 10.5 Å². The Hall–Kier alpha value is -1.77. The second-order valence-corrected chi connectivity index (χ2v) is 6.31. The number of aromatic nitrogens is 2. The van der Waals surface area contributed by atoms with E-state index in [1.54, 1.807) is 25.1 Å². The lowest BCUT2D eigenvalue weighted by atomic mass is 10.1. The zero-order chi connectivity index (χ0) is 15.5. The average Bonchev–Trinajstić information content (AvgIpc) is 2.88. The van der Waals surface area contributed by atoms with E-state index in [0.717, 1.165) is 0 Å². The number of nitrogens with one attached hydrogen (secondary N) is 1. The molecule has 1 heterocycles. The van der Waals surface area contributed by atoms with Crippen LogP contribution in [0.4, 0.5) is 4.39 Å². The summed E-state index contributed by atoms with van der Waals surface area (Å²) in [5, 5.41) is 3.91. The van der Waals surface area contributed by atoms with Crippen molar-refractivity contribution in [2.45, 2.75) is 24.4 Å². The van der Waals surface area contributed by atoms with E-state index in [9.17, 15) is 12.8 Å². The van der Waals surface area contributed by atoms with E-state index in [0.29, 0.717) is 13.1 Å². The molecule has 3 N–H and O–H groups in total. The third kappa shape index (κ3) is 3.66. The molecule has 8 heteroatoms. The molecule has 1 unspecified atom stereocenters. The van der Waals surface area contributed by atoms with E-state index < -0.39 is 21.9 Å². The lowest BCUT2D eigenvalue weighted by molar-refractivity contribution is 0.549. The molecule has 6 nitrogen and oxygen atoms in total. The molecule has 0 radical (unpaired) electrons. The molecule has 2 rings (SSSR count). The fourth-order valence-corrected chi connectivity index (χ4v) is 3.10. The lowest BCUT2D eigenvalue weighted by Gasteiger charge is -2.14. The minimum atomic E-state index is -3.76. The number of hydrogen-bond donors (Lipinski definition) is 2. The number of rotatable bonds is 6. The van der Waals surface area contributed by atoms with E-state index >= 15 is 0 Å². The second kappa shape index (κ2) is 6.33. The molecule has 0 saturated heterocycles. The van der Waals surface area contributed by atoms with Crippen molar-refractivity contribution in [3.05, 3.63) is 48.0 Å². The Kier molecular flexibility index (Phi) is 4.71. The fourth-order valence-electron chi connectivity index (χ4n) is 1.93. The van der Waals surface area contributed by atoms with Crippen molar-refractivity contribution in [2.75, 3.05) is 6.54 Å². The molecule has 1 atom stereocenters. The lowest BCUT2D eigenvalue weighted by Crippen LogP contribution is -2.27. The van der Waals surface area contributed by atoms with Crippen molar-refractivity contribution in [1.29, 1.82) is 0 Å². The highest BCUT2D eigenvalue weighted by molar-refractivity contribution is 7.89. The smallest absolute Gasteiger partial charge is 0.244 e. The number of nitrogens with two attached hydrogens (primary N) is 1. The van der Waals surface area contributed by atoms with Crippen LogP contribution in [0.15, 0.2) is 41.6 Å². The molecular formula is C13H17FN4O2S. The predicted molar refractivity (Wildman–Crippen MR) is 76.4 cm³/mol. The van der Waals surface area contributed by atoms with Gasteiger partial charge in [-0.3, -0.25) is 4.68 Å². The van der Waals surface area contributed by atoms with Crippen LogP contribution in [0.2, 0.25) is 0 Å². The quantitative estimate of drug-likeness (QED) is 0.833. The van der Waals surface area contributed by atoms with Gasteiger partial charge >= 0.3 is 0 Å². The highest BCUT2D eigenvalue weighted by Gasteiger charge is 2.21. The maximum absolute atomic E-state index is 13.7. The number of halogens is 1.